The number of hydrogen-bond donors (Lipinski definition) is 2. The Balaban J connectivity index is 1.72. The second-order valence-electron chi connectivity index (χ2n) is 4.27. The zero-order valence-corrected chi connectivity index (χ0v) is 13.3. The van der Waals surface area contributed by atoms with E-state index in [2.05, 4.69) is 22.2 Å². The van der Waals surface area contributed by atoms with Crippen molar-refractivity contribution in [3.8, 4) is 0 Å². The molecule has 0 aliphatic carbocycles. The molecule has 0 spiro atoms. The van der Waals surface area contributed by atoms with Gasteiger partial charge in [0.15, 0.2) is 0 Å². The van der Waals surface area contributed by atoms with Crippen molar-refractivity contribution in [3.63, 3.8) is 0 Å². The van der Waals surface area contributed by atoms with E-state index in [4.69, 9.17) is 4.42 Å². The topological polar surface area (TPSA) is 71.3 Å². The Kier molecular flexibility index (Phi) is 5.86. The van der Waals surface area contributed by atoms with Crippen LogP contribution in [0.1, 0.15) is 5.76 Å². The van der Waals surface area contributed by atoms with Crippen LogP contribution >= 0.6 is 11.8 Å². The molecule has 5 nitrogen and oxygen atoms in total. The van der Waals surface area contributed by atoms with Gasteiger partial charge in [-0.15, -0.1) is 11.8 Å². The van der Waals surface area contributed by atoms with Crippen LogP contribution in [-0.2, 0) is 16.6 Å². The molecule has 0 saturated heterocycles. The first-order valence-corrected chi connectivity index (χ1v) is 8.99. The first-order chi connectivity index (χ1) is 10.1. The Morgan fingerprint density at radius 1 is 1.14 bits per heavy atom. The fraction of sp³-hybridized carbons (Fsp3) is 0.286. The molecule has 0 aliphatic rings. The summed E-state index contributed by atoms with van der Waals surface area (Å²) in [5, 5.41) is 3.17. The maximum Gasteiger partial charge on any atom is 0.273 e. The van der Waals surface area contributed by atoms with Gasteiger partial charge in [-0.2, -0.15) is 0 Å². The van der Waals surface area contributed by atoms with Crippen molar-refractivity contribution in [2.75, 3.05) is 19.3 Å². The normalized spacial score (nSPS) is 11.7. The summed E-state index contributed by atoms with van der Waals surface area (Å²) in [7, 11) is -2.14. The van der Waals surface area contributed by atoms with Crippen LogP contribution in [0.4, 0.5) is 0 Å². The average Bonchev–Trinajstić information content (AvgIpc) is 2.98. The lowest BCUT2D eigenvalue weighted by molar-refractivity contribution is 0.402. The number of thioether (sulfide) groups is 1. The van der Waals surface area contributed by atoms with Crippen LogP contribution < -0.4 is 10.0 Å². The summed E-state index contributed by atoms with van der Waals surface area (Å²) in [6.07, 6.45) is 0. The van der Waals surface area contributed by atoms with E-state index in [0.717, 1.165) is 12.3 Å². The fourth-order valence-electron chi connectivity index (χ4n) is 1.67. The van der Waals surface area contributed by atoms with E-state index in [1.54, 1.807) is 17.8 Å². The smallest absolute Gasteiger partial charge is 0.273 e. The van der Waals surface area contributed by atoms with Gasteiger partial charge < -0.3 is 9.73 Å². The van der Waals surface area contributed by atoms with Gasteiger partial charge in [-0.25, -0.2) is 13.1 Å². The van der Waals surface area contributed by atoms with Crippen molar-refractivity contribution in [2.24, 2.45) is 0 Å². The van der Waals surface area contributed by atoms with Crippen LogP contribution in [0.5, 0.6) is 0 Å². The molecule has 2 rings (SSSR count). The lowest BCUT2D eigenvalue weighted by atomic mass is 10.4. The molecule has 0 amide bonds. The molecule has 114 valence electrons. The molecule has 0 fully saturated rings. The number of nitrogens with one attached hydrogen (secondary N) is 2. The van der Waals surface area contributed by atoms with Crippen LogP contribution in [0.15, 0.2) is 56.9 Å². The van der Waals surface area contributed by atoms with E-state index >= 15 is 0 Å². The summed E-state index contributed by atoms with van der Waals surface area (Å²) >= 11 is 1.77. The molecule has 21 heavy (non-hydrogen) atoms. The molecule has 0 unspecified atom stereocenters. The Morgan fingerprint density at radius 3 is 2.62 bits per heavy atom. The predicted molar refractivity (Wildman–Crippen MR) is 83.8 cm³/mol. The van der Waals surface area contributed by atoms with Crippen molar-refractivity contribution in [1.82, 2.24) is 10.0 Å². The quantitative estimate of drug-likeness (QED) is 0.574. The highest BCUT2D eigenvalue weighted by Gasteiger charge is 2.15. The third kappa shape index (κ3) is 4.89. The van der Waals surface area contributed by atoms with E-state index < -0.39 is 10.0 Å². The largest absolute Gasteiger partial charge is 0.447 e. The molecule has 0 saturated carbocycles. The Hall–Kier alpha value is -1.28. The highest BCUT2D eigenvalue weighted by Crippen LogP contribution is 2.16. The number of sulfonamides is 1. The van der Waals surface area contributed by atoms with Crippen molar-refractivity contribution in [1.29, 1.82) is 0 Å². The fourth-order valence-corrected chi connectivity index (χ4v) is 3.16. The Bertz CT molecular complexity index is 654. The molecule has 0 aliphatic heterocycles. The minimum atomic E-state index is -3.50. The zero-order valence-electron chi connectivity index (χ0n) is 11.7. The lowest BCUT2D eigenvalue weighted by Gasteiger charge is -2.03. The van der Waals surface area contributed by atoms with Gasteiger partial charge in [-0.3, -0.25) is 0 Å². The van der Waals surface area contributed by atoms with Gasteiger partial charge in [0.25, 0.3) is 10.0 Å². The van der Waals surface area contributed by atoms with E-state index in [-0.39, 0.29) is 5.09 Å². The van der Waals surface area contributed by atoms with Gasteiger partial charge in [0.05, 0.1) is 6.54 Å². The molecule has 0 radical (unpaired) electrons. The molecular weight excluding hydrogens is 308 g/mol. The summed E-state index contributed by atoms with van der Waals surface area (Å²) in [6, 6.07) is 13.3. The molecule has 1 aromatic carbocycles. The molecule has 1 aromatic heterocycles. The SMILES string of the molecule is CNS(=O)(=O)c1ccc(CNCCSc2ccccc2)o1. The highest BCUT2D eigenvalue weighted by molar-refractivity contribution is 7.99. The predicted octanol–water partition coefficient (Wildman–Crippen LogP) is 2.07. The van der Waals surface area contributed by atoms with Gasteiger partial charge in [0, 0.05) is 17.2 Å². The standard InChI is InChI=1S/C14H18N2O3S2/c1-15-21(17,18)14-8-7-12(19-14)11-16-9-10-20-13-5-3-2-4-6-13/h2-8,15-16H,9-11H2,1H3. The molecule has 7 heteroatoms. The lowest BCUT2D eigenvalue weighted by Crippen LogP contribution is -2.18. The monoisotopic (exact) mass is 326 g/mol. The molecule has 1 heterocycles. The van der Waals surface area contributed by atoms with Crippen molar-refractivity contribution in [2.45, 2.75) is 16.5 Å². The molecule has 0 bridgehead atoms. The third-order valence-electron chi connectivity index (χ3n) is 2.76. The van der Waals surface area contributed by atoms with Crippen LogP contribution in [0.3, 0.4) is 0 Å². The maximum absolute atomic E-state index is 11.5. The van der Waals surface area contributed by atoms with Crippen LogP contribution in [-0.4, -0.2) is 27.8 Å². The van der Waals surface area contributed by atoms with Crippen molar-refractivity contribution in [3.05, 3.63) is 48.2 Å². The summed E-state index contributed by atoms with van der Waals surface area (Å²) in [5.41, 5.74) is 0. The van der Waals surface area contributed by atoms with Gasteiger partial charge in [0.1, 0.15) is 5.76 Å². The van der Waals surface area contributed by atoms with Crippen LogP contribution in [0.25, 0.3) is 0 Å². The van der Waals surface area contributed by atoms with Crippen LogP contribution in [0, 0.1) is 0 Å². The van der Waals surface area contributed by atoms with E-state index in [0.29, 0.717) is 12.3 Å². The third-order valence-corrected chi connectivity index (χ3v) is 5.06. The average molecular weight is 326 g/mol. The Morgan fingerprint density at radius 2 is 1.90 bits per heavy atom. The molecule has 2 aromatic rings. The summed E-state index contributed by atoms with van der Waals surface area (Å²) in [5.74, 6) is 1.54. The number of hydrogen-bond acceptors (Lipinski definition) is 5. The first kappa shape index (κ1) is 16.1. The molecule has 0 atom stereocenters. The second kappa shape index (κ2) is 7.65. The maximum atomic E-state index is 11.5. The van der Waals surface area contributed by atoms with Gasteiger partial charge >= 0.3 is 0 Å². The van der Waals surface area contributed by atoms with Gasteiger partial charge in [-0.1, -0.05) is 18.2 Å². The van der Waals surface area contributed by atoms with Gasteiger partial charge in [0.2, 0.25) is 5.09 Å². The second-order valence-corrected chi connectivity index (χ2v) is 7.25. The zero-order chi connectivity index (χ0) is 15.1. The molecule has 2 N–H and O–H groups in total. The van der Waals surface area contributed by atoms with Gasteiger partial charge in [-0.05, 0) is 31.3 Å². The van der Waals surface area contributed by atoms with Crippen molar-refractivity contribution >= 4 is 21.8 Å². The number of rotatable bonds is 8. The summed E-state index contributed by atoms with van der Waals surface area (Å²) < 4.78 is 30.5. The summed E-state index contributed by atoms with van der Waals surface area (Å²) in [4.78, 5) is 1.24. The first-order valence-electron chi connectivity index (χ1n) is 6.52. The minimum absolute atomic E-state index is 0.0551. The molecular formula is C14H18N2O3S2. The van der Waals surface area contributed by atoms with Crippen LogP contribution in [0.2, 0.25) is 0 Å². The van der Waals surface area contributed by atoms with E-state index in [9.17, 15) is 8.42 Å². The van der Waals surface area contributed by atoms with E-state index in [1.807, 2.05) is 18.2 Å². The highest BCUT2D eigenvalue weighted by atomic mass is 32.2. The minimum Gasteiger partial charge on any atom is -0.447 e. The Labute approximate surface area is 129 Å². The van der Waals surface area contributed by atoms with E-state index in [1.165, 1.54) is 18.0 Å². The number of benzene rings is 1. The number of furan rings is 1. The summed E-state index contributed by atoms with van der Waals surface area (Å²) in [6.45, 7) is 1.32. The van der Waals surface area contributed by atoms with Crippen molar-refractivity contribution < 1.29 is 12.8 Å².